The van der Waals surface area contributed by atoms with Crippen molar-refractivity contribution in [2.24, 2.45) is 17.3 Å². The zero-order chi connectivity index (χ0) is 26.6. The van der Waals surface area contributed by atoms with Crippen LogP contribution in [0.5, 0.6) is 11.5 Å². The molecule has 0 aromatic heterocycles. The minimum Gasteiger partial charge on any atom is -0.493 e. The highest BCUT2D eigenvalue weighted by Gasteiger charge is 2.80. The van der Waals surface area contributed by atoms with E-state index in [-0.39, 0.29) is 34.4 Å². The van der Waals surface area contributed by atoms with Gasteiger partial charge in [0, 0.05) is 42.0 Å². The number of fused-ring (bicyclic) bond motifs is 2. The van der Waals surface area contributed by atoms with Crippen molar-refractivity contribution in [1.29, 1.82) is 0 Å². The van der Waals surface area contributed by atoms with Crippen molar-refractivity contribution in [3.05, 3.63) is 59.2 Å². The second kappa shape index (κ2) is 8.23. The molecule has 2 aromatic carbocycles. The predicted molar refractivity (Wildman–Crippen MR) is 149 cm³/mol. The normalized spacial score (nSPS) is 37.8. The second-order valence-electron chi connectivity index (χ2n) is 13.3. The Balaban J connectivity index is 1.26. The maximum atomic E-state index is 13.8. The van der Waals surface area contributed by atoms with E-state index >= 15 is 0 Å². The molecule has 4 bridgehead atoms. The van der Waals surface area contributed by atoms with Crippen LogP contribution >= 0.6 is 0 Å². The molecule has 2 aliphatic heterocycles. The van der Waals surface area contributed by atoms with Gasteiger partial charge >= 0.3 is 0 Å². The SMILES string of the molecule is COc1ccc2c3c1O[C@H]1[C@@]4(OC)CC[C@@]5(C[C@@H]4CS(=O)(=O)Cc4ccccc4)[C@@H](C2)N(CC2CC2)CC[C@]315. The van der Waals surface area contributed by atoms with Crippen LogP contribution < -0.4 is 9.47 Å². The lowest BCUT2D eigenvalue weighted by Gasteiger charge is -2.74. The summed E-state index contributed by atoms with van der Waals surface area (Å²) < 4.78 is 47.0. The summed E-state index contributed by atoms with van der Waals surface area (Å²) in [6.07, 6.45) is 7.36. The third-order valence-electron chi connectivity index (χ3n) is 11.7. The van der Waals surface area contributed by atoms with Gasteiger partial charge in [-0.25, -0.2) is 8.42 Å². The van der Waals surface area contributed by atoms with Crippen LogP contribution in [0.1, 0.15) is 55.2 Å². The standard InChI is InChI=1S/C32H39NO5S/c1-36-25-11-10-23-16-26-30-12-13-32(37-2,24(17-30)20-39(34,35)19-22-6-4-3-5-7-22)29-31(30,27(23)28(25)38-29)14-15-33(26)18-21-8-9-21/h3-7,10-11,21,24,26,29H,8-9,12-20H2,1-2H3/t24-,26-,29-,30-,31+,32-/m1/s1. The van der Waals surface area contributed by atoms with Gasteiger partial charge in [0.1, 0.15) is 11.7 Å². The smallest absolute Gasteiger partial charge is 0.165 e. The molecule has 7 heteroatoms. The van der Waals surface area contributed by atoms with Gasteiger partial charge in [-0.3, -0.25) is 4.90 Å². The largest absolute Gasteiger partial charge is 0.493 e. The molecule has 9 rings (SSSR count). The molecule has 4 saturated carbocycles. The van der Waals surface area contributed by atoms with Crippen molar-refractivity contribution in [1.82, 2.24) is 4.90 Å². The van der Waals surface area contributed by atoms with Gasteiger partial charge in [-0.2, -0.15) is 0 Å². The first-order valence-electron chi connectivity index (χ1n) is 14.8. The summed E-state index contributed by atoms with van der Waals surface area (Å²) in [5.41, 5.74) is 2.82. The number of nitrogens with zero attached hydrogens (tertiary/aromatic N) is 1. The van der Waals surface area contributed by atoms with Crippen LogP contribution in [0.2, 0.25) is 0 Å². The van der Waals surface area contributed by atoms with Gasteiger partial charge in [0.2, 0.25) is 0 Å². The Bertz CT molecular complexity index is 1420. The molecule has 39 heavy (non-hydrogen) atoms. The van der Waals surface area contributed by atoms with Crippen LogP contribution in [0.4, 0.5) is 0 Å². The number of rotatable bonds is 8. The van der Waals surface area contributed by atoms with Crippen LogP contribution in [-0.4, -0.2) is 64.1 Å². The summed E-state index contributed by atoms with van der Waals surface area (Å²) in [6.45, 7) is 2.26. The fourth-order valence-corrected chi connectivity index (χ4v) is 11.9. The van der Waals surface area contributed by atoms with Gasteiger partial charge in [-0.15, -0.1) is 0 Å². The number of methoxy groups -OCH3 is 2. The topological polar surface area (TPSA) is 65.1 Å². The number of hydrogen-bond donors (Lipinski definition) is 0. The molecular weight excluding hydrogens is 510 g/mol. The van der Waals surface area contributed by atoms with Gasteiger partial charge in [-0.1, -0.05) is 36.4 Å². The number of hydrogen-bond acceptors (Lipinski definition) is 6. The van der Waals surface area contributed by atoms with Crippen LogP contribution in [0.3, 0.4) is 0 Å². The Hall–Kier alpha value is -2.09. The number of piperidine rings is 1. The van der Waals surface area contributed by atoms with E-state index in [1.165, 1.54) is 30.5 Å². The second-order valence-corrected chi connectivity index (χ2v) is 15.4. The monoisotopic (exact) mass is 549 g/mol. The lowest BCUT2D eigenvalue weighted by atomic mass is 9.35. The average molecular weight is 550 g/mol. The van der Waals surface area contributed by atoms with Crippen molar-refractivity contribution in [3.63, 3.8) is 0 Å². The predicted octanol–water partition coefficient (Wildman–Crippen LogP) is 4.53. The van der Waals surface area contributed by atoms with Crippen molar-refractivity contribution in [3.8, 4) is 11.5 Å². The van der Waals surface area contributed by atoms with Gasteiger partial charge < -0.3 is 14.2 Å². The molecule has 5 fully saturated rings. The highest BCUT2D eigenvalue weighted by molar-refractivity contribution is 7.90. The van der Waals surface area contributed by atoms with Crippen molar-refractivity contribution >= 4 is 9.84 Å². The summed E-state index contributed by atoms with van der Waals surface area (Å²) in [6, 6.07) is 14.4. The quantitative estimate of drug-likeness (QED) is 0.482. The Kier molecular flexibility index (Phi) is 5.21. The molecule has 1 saturated heterocycles. The van der Waals surface area contributed by atoms with E-state index in [0.717, 1.165) is 61.6 Å². The third-order valence-corrected chi connectivity index (χ3v) is 13.4. The highest BCUT2D eigenvalue weighted by atomic mass is 32.2. The van der Waals surface area contributed by atoms with Gasteiger partial charge in [0.05, 0.1) is 18.6 Å². The highest BCUT2D eigenvalue weighted by Crippen LogP contribution is 2.76. The molecule has 6 atom stereocenters. The third kappa shape index (κ3) is 3.18. The fourth-order valence-electron chi connectivity index (χ4n) is 10.1. The van der Waals surface area contributed by atoms with E-state index in [0.29, 0.717) is 6.04 Å². The van der Waals surface area contributed by atoms with E-state index in [1.54, 1.807) is 14.2 Å². The Morgan fingerprint density at radius 3 is 2.62 bits per heavy atom. The van der Waals surface area contributed by atoms with E-state index in [4.69, 9.17) is 14.2 Å². The van der Waals surface area contributed by atoms with E-state index in [1.807, 2.05) is 30.3 Å². The van der Waals surface area contributed by atoms with Gasteiger partial charge in [0.15, 0.2) is 21.3 Å². The minimum atomic E-state index is -3.36. The van der Waals surface area contributed by atoms with Crippen LogP contribution in [0.25, 0.3) is 0 Å². The molecule has 0 N–H and O–H groups in total. The molecular formula is C32H39NO5S. The Labute approximate surface area is 231 Å². The van der Waals surface area contributed by atoms with Crippen LogP contribution in [0, 0.1) is 17.3 Å². The van der Waals surface area contributed by atoms with Crippen LogP contribution in [0.15, 0.2) is 42.5 Å². The molecule has 6 nitrogen and oxygen atoms in total. The summed E-state index contributed by atoms with van der Waals surface area (Å²) in [4.78, 5) is 2.80. The first-order valence-corrected chi connectivity index (χ1v) is 16.6. The summed E-state index contributed by atoms with van der Waals surface area (Å²) in [5, 5.41) is 0. The van der Waals surface area contributed by atoms with Crippen LogP contribution in [-0.2, 0) is 32.2 Å². The number of ether oxygens (including phenoxy) is 3. The first kappa shape index (κ1) is 24.7. The Morgan fingerprint density at radius 1 is 1.05 bits per heavy atom. The number of likely N-dealkylation sites (tertiary alicyclic amines) is 1. The molecule has 2 spiro atoms. The number of benzene rings is 2. The molecule has 0 amide bonds. The van der Waals surface area contributed by atoms with Crippen molar-refractivity contribution in [2.45, 2.75) is 73.9 Å². The van der Waals surface area contributed by atoms with Crippen molar-refractivity contribution < 1.29 is 22.6 Å². The van der Waals surface area contributed by atoms with Gasteiger partial charge in [0.25, 0.3) is 0 Å². The average Bonchev–Trinajstić information content (AvgIpc) is 3.67. The van der Waals surface area contributed by atoms with E-state index < -0.39 is 15.4 Å². The molecule has 7 aliphatic rings. The maximum absolute atomic E-state index is 13.8. The number of sulfone groups is 1. The van der Waals surface area contributed by atoms with E-state index in [9.17, 15) is 8.42 Å². The lowest BCUT2D eigenvalue weighted by Crippen LogP contribution is -2.81. The summed E-state index contributed by atoms with van der Waals surface area (Å²) >= 11 is 0. The fraction of sp³-hybridized carbons (Fsp3) is 0.625. The molecule has 208 valence electrons. The molecule has 0 radical (unpaired) electrons. The molecule has 0 unspecified atom stereocenters. The van der Waals surface area contributed by atoms with E-state index in [2.05, 4.69) is 17.0 Å². The van der Waals surface area contributed by atoms with Crippen molar-refractivity contribution in [2.75, 3.05) is 33.1 Å². The summed E-state index contributed by atoms with van der Waals surface area (Å²) in [5.74, 6) is 2.63. The zero-order valence-corrected chi connectivity index (χ0v) is 23.8. The maximum Gasteiger partial charge on any atom is 0.165 e. The first-order chi connectivity index (χ1) is 18.9. The molecule has 5 aliphatic carbocycles. The minimum absolute atomic E-state index is 0.0113. The Morgan fingerprint density at radius 2 is 1.87 bits per heavy atom. The molecule has 2 heterocycles. The summed E-state index contributed by atoms with van der Waals surface area (Å²) in [7, 11) is 0.157. The van der Waals surface area contributed by atoms with Gasteiger partial charge in [-0.05, 0) is 74.6 Å². The lowest BCUT2D eigenvalue weighted by molar-refractivity contribution is -0.273. The zero-order valence-electron chi connectivity index (χ0n) is 23.0. The molecule has 2 aromatic rings.